The molecular formula is C14H16F2N4OS2. The molecule has 0 radical (unpaired) electrons. The van der Waals surface area contributed by atoms with Crippen LogP contribution < -0.4 is 10.6 Å². The number of halogens is 2. The molecule has 1 atom stereocenters. The number of rotatable bonds is 6. The summed E-state index contributed by atoms with van der Waals surface area (Å²) in [4.78, 5) is 12.1. The van der Waals surface area contributed by atoms with Crippen LogP contribution in [-0.2, 0) is 4.79 Å². The van der Waals surface area contributed by atoms with Crippen LogP contribution in [0.15, 0.2) is 22.5 Å². The van der Waals surface area contributed by atoms with Gasteiger partial charge in [-0.15, -0.1) is 10.2 Å². The fraction of sp³-hybridized carbons (Fsp3) is 0.357. The van der Waals surface area contributed by atoms with Gasteiger partial charge in [-0.3, -0.25) is 4.79 Å². The third kappa shape index (κ3) is 5.14. The molecule has 2 aromatic rings. The Morgan fingerprint density at radius 2 is 2.00 bits per heavy atom. The molecule has 0 saturated carbocycles. The fourth-order valence-corrected chi connectivity index (χ4v) is 3.63. The molecule has 0 aliphatic heterocycles. The number of carbonyl (C=O) groups is 1. The molecule has 1 amide bonds. The Bertz CT molecular complexity index is 693. The summed E-state index contributed by atoms with van der Waals surface area (Å²) in [5.41, 5.74) is -0.0525. The Balaban J connectivity index is 1.95. The molecule has 0 aliphatic carbocycles. The van der Waals surface area contributed by atoms with Crippen molar-refractivity contribution in [1.82, 2.24) is 10.2 Å². The van der Waals surface area contributed by atoms with Crippen LogP contribution in [-0.4, -0.2) is 27.4 Å². The lowest BCUT2D eigenvalue weighted by molar-refractivity contribution is -0.115. The molecule has 124 valence electrons. The first-order valence-electron chi connectivity index (χ1n) is 6.87. The van der Waals surface area contributed by atoms with Crippen LogP contribution >= 0.6 is 23.1 Å². The van der Waals surface area contributed by atoms with Crippen molar-refractivity contribution in [2.45, 2.75) is 36.4 Å². The van der Waals surface area contributed by atoms with E-state index in [2.05, 4.69) is 20.8 Å². The van der Waals surface area contributed by atoms with E-state index in [0.717, 1.165) is 12.1 Å². The Morgan fingerprint density at radius 1 is 1.26 bits per heavy atom. The van der Waals surface area contributed by atoms with Gasteiger partial charge in [-0.05, 0) is 32.9 Å². The van der Waals surface area contributed by atoms with Gasteiger partial charge in [-0.1, -0.05) is 23.1 Å². The molecule has 0 bridgehead atoms. The van der Waals surface area contributed by atoms with Crippen LogP contribution in [0.5, 0.6) is 0 Å². The van der Waals surface area contributed by atoms with Crippen LogP contribution in [0.25, 0.3) is 0 Å². The number of hydrogen-bond donors (Lipinski definition) is 2. The van der Waals surface area contributed by atoms with Crippen molar-refractivity contribution in [3.8, 4) is 0 Å². The number of carbonyl (C=O) groups excluding carboxylic acids is 1. The SMILES string of the molecule is CC(C)Nc1nnc(S[C@H](C)C(=O)Nc2ccc(F)cc2F)s1. The molecule has 9 heteroatoms. The van der Waals surface area contributed by atoms with Crippen molar-refractivity contribution >= 4 is 39.8 Å². The lowest BCUT2D eigenvalue weighted by atomic mass is 10.3. The average molecular weight is 358 g/mol. The number of amides is 1. The first-order chi connectivity index (χ1) is 10.8. The van der Waals surface area contributed by atoms with Crippen LogP contribution in [0.3, 0.4) is 0 Å². The number of hydrogen-bond acceptors (Lipinski definition) is 6. The molecule has 1 aromatic heterocycles. The molecule has 23 heavy (non-hydrogen) atoms. The molecule has 5 nitrogen and oxygen atoms in total. The second-order valence-corrected chi connectivity index (χ2v) is 7.61. The second-order valence-electron chi connectivity index (χ2n) is 5.05. The number of nitrogens with zero attached hydrogens (tertiary/aromatic N) is 2. The van der Waals surface area contributed by atoms with Gasteiger partial charge in [0, 0.05) is 12.1 Å². The van der Waals surface area contributed by atoms with Gasteiger partial charge in [0.2, 0.25) is 11.0 Å². The first kappa shape index (κ1) is 17.6. The molecular weight excluding hydrogens is 342 g/mol. The maximum Gasteiger partial charge on any atom is 0.237 e. The first-order valence-corrected chi connectivity index (χ1v) is 8.57. The van der Waals surface area contributed by atoms with Crippen LogP contribution in [0.2, 0.25) is 0 Å². The van der Waals surface area contributed by atoms with Crippen molar-refractivity contribution in [3.05, 3.63) is 29.8 Å². The Kier molecular flexibility index (Phi) is 5.89. The van der Waals surface area contributed by atoms with E-state index < -0.39 is 22.8 Å². The zero-order chi connectivity index (χ0) is 17.0. The molecule has 0 aliphatic rings. The highest BCUT2D eigenvalue weighted by Crippen LogP contribution is 2.29. The summed E-state index contributed by atoms with van der Waals surface area (Å²) in [7, 11) is 0. The highest BCUT2D eigenvalue weighted by molar-refractivity contribution is 8.02. The van der Waals surface area contributed by atoms with Crippen molar-refractivity contribution in [1.29, 1.82) is 0 Å². The summed E-state index contributed by atoms with van der Waals surface area (Å²) >= 11 is 2.57. The minimum Gasteiger partial charge on any atom is -0.358 e. The predicted octanol–water partition coefficient (Wildman–Crippen LogP) is 3.76. The number of anilines is 2. The number of benzene rings is 1. The zero-order valence-corrected chi connectivity index (χ0v) is 14.4. The normalized spacial score (nSPS) is 12.3. The zero-order valence-electron chi connectivity index (χ0n) is 12.8. The molecule has 0 fully saturated rings. The van der Waals surface area contributed by atoms with Gasteiger partial charge >= 0.3 is 0 Å². The maximum atomic E-state index is 13.5. The Hall–Kier alpha value is -1.74. The van der Waals surface area contributed by atoms with Gasteiger partial charge in [0.05, 0.1) is 10.9 Å². The molecule has 0 unspecified atom stereocenters. The Morgan fingerprint density at radius 3 is 2.65 bits per heavy atom. The third-order valence-corrected chi connectivity index (χ3v) is 4.69. The van der Waals surface area contributed by atoms with Crippen LogP contribution in [0, 0.1) is 11.6 Å². The smallest absolute Gasteiger partial charge is 0.237 e. The topological polar surface area (TPSA) is 66.9 Å². The van der Waals surface area contributed by atoms with Crippen molar-refractivity contribution in [3.63, 3.8) is 0 Å². The van der Waals surface area contributed by atoms with Crippen LogP contribution in [0.1, 0.15) is 20.8 Å². The molecule has 2 N–H and O–H groups in total. The van der Waals surface area contributed by atoms with E-state index in [9.17, 15) is 13.6 Å². The molecule has 1 heterocycles. The van der Waals surface area contributed by atoms with E-state index in [1.165, 1.54) is 29.2 Å². The molecule has 0 spiro atoms. The maximum absolute atomic E-state index is 13.5. The molecule has 2 rings (SSSR count). The third-order valence-electron chi connectivity index (χ3n) is 2.65. The van der Waals surface area contributed by atoms with Crippen molar-refractivity contribution in [2.24, 2.45) is 0 Å². The number of thioether (sulfide) groups is 1. The standard InChI is InChI=1S/C14H16F2N4OS2/c1-7(2)17-13-19-20-14(23-13)22-8(3)12(21)18-11-5-4-9(15)6-10(11)16/h4-8H,1-3H3,(H,17,19)(H,18,21)/t8-/m1/s1. The number of nitrogens with one attached hydrogen (secondary N) is 2. The van der Waals surface area contributed by atoms with Gasteiger partial charge in [0.25, 0.3) is 0 Å². The van der Waals surface area contributed by atoms with Gasteiger partial charge < -0.3 is 10.6 Å². The summed E-state index contributed by atoms with van der Waals surface area (Å²) in [6.45, 7) is 5.65. The largest absolute Gasteiger partial charge is 0.358 e. The van der Waals surface area contributed by atoms with Crippen molar-refractivity contribution in [2.75, 3.05) is 10.6 Å². The van der Waals surface area contributed by atoms with Gasteiger partial charge in [-0.2, -0.15) is 0 Å². The second kappa shape index (κ2) is 7.69. The van der Waals surface area contributed by atoms with E-state index in [4.69, 9.17) is 0 Å². The summed E-state index contributed by atoms with van der Waals surface area (Å²) in [6.07, 6.45) is 0. The summed E-state index contributed by atoms with van der Waals surface area (Å²) in [5.74, 6) is -1.90. The van der Waals surface area contributed by atoms with E-state index in [-0.39, 0.29) is 11.7 Å². The van der Waals surface area contributed by atoms with E-state index in [1.807, 2.05) is 13.8 Å². The predicted molar refractivity (Wildman–Crippen MR) is 89.0 cm³/mol. The van der Waals surface area contributed by atoms with Crippen LogP contribution in [0.4, 0.5) is 19.6 Å². The van der Waals surface area contributed by atoms with E-state index in [0.29, 0.717) is 9.47 Å². The molecule has 1 aromatic carbocycles. The summed E-state index contributed by atoms with van der Waals surface area (Å²) in [6, 6.07) is 3.24. The Labute approximate surface area is 140 Å². The van der Waals surface area contributed by atoms with Gasteiger partial charge in [0.15, 0.2) is 4.34 Å². The highest BCUT2D eigenvalue weighted by atomic mass is 32.2. The van der Waals surface area contributed by atoms with Crippen molar-refractivity contribution < 1.29 is 13.6 Å². The summed E-state index contributed by atoms with van der Waals surface area (Å²) in [5, 5.41) is 13.7. The monoisotopic (exact) mass is 358 g/mol. The molecule has 0 saturated heterocycles. The minimum atomic E-state index is -0.810. The average Bonchev–Trinajstić information content (AvgIpc) is 2.88. The van der Waals surface area contributed by atoms with E-state index in [1.54, 1.807) is 6.92 Å². The quantitative estimate of drug-likeness (QED) is 0.770. The highest BCUT2D eigenvalue weighted by Gasteiger charge is 2.18. The minimum absolute atomic E-state index is 0.0525. The number of aromatic nitrogens is 2. The lowest BCUT2D eigenvalue weighted by Gasteiger charge is -2.10. The van der Waals surface area contributed by atoms with E-state index >= 15 is 0 Å². The lowest BCUT2D eigenvalue weighted by Crippen LogP contribution is -2.22. The fourth-order valence-electron chi connectivity index (χ4n) is 1.59. The summed E-state index contributed by atoms with van der Waals surface area (Å²) < 4.78 is 27.0. The van der Waals surface area contributed by atoms with Gasteiger partial charge in [-0.25, -0.2) is 8.78 Å². The van der Waals surface area contributed by atoms with Gasteiger partial charge in [0.1, 0.15) is 11.6 Å².